The molecule has 0 rings (SSSR count). The molecule has 0 bridgehead atoms. The van der Waals surface area contributed by atoms with E-state index >= 15 is 0 Å². The second-order valence-electron chi connectivity index (χ2n) is 18.3. The fourth-order valence-corrected chi connectivity index (χ4v) is 7.87. The van der Waals surface area contributed by atoms with Crippen LogP contribution in [0.1, 0.15) is 271 Å². The number of rotatable bonds is 50. The quantitative estimate of drug-likeness (QED) is 0.0374. The molecule has 0 aromatic heterocycles. The Morgan fingerprint density at radius 1 is 0.375 bits per heavy atom. The fraction of sp³-hybridized carbons (Fsp3) is 0.763. The van der Waals surface area contributed by atoms with Crippen LogP contribution in [0.25, 0.3) is 0 Å². The Labute approximate surface area is 397 Å². The van der Waals surface area contributed by atoms with Crippen LogP contribution in [0.2, 0.25) is 0 Å². The number of aliphatic hydroxyl groups is 1. The number of hydrogen-bond acceptors (Lipinski definition) is 5. The summed E-state index contributed by atoms with van der Waals surface area (Å²) in [5, 5.41) is 9.65. The second-order valence-corrected chi connectivity index (χ2v) is 18.3. The Morgan fingerprint density at radius 3 is 1.02 bits per heavy atom. The van der Waals surface area contributed by atoms with Gasteiger partial charge in [0.05, 0.1) is 6.61 Å². The molecule has 0 saturated heterocycles. The van der Waals surface area contributed by atoms with E-state index < -0.39 is 6.10 Å². The lowest BCUT2D eigenvalue weighted by atomic mass is 10.0. The van der Waals surface area contributed by atoms with Crippen molar-refractivity contribution >= 4 is 11.9 Å². The summed E-state index contributed by atoms with van der Waals surface area (Å²) < 4.78 is 10.7. The number of unbranched alkanes of at least 4 members (excludes halogenated alkanes) is 30. The molecule has 0 fully saturated rings. The molecule has 5 heteroatoms. The normalized spacial score (nSPS) is 12.7. The zero-order chi connectivity index (χ0) is 46.3. The van der Waals surface area contributed by atoms with Gasteiger partial charge in [-0.2, -0.15) is 0 Å². The predicted octanol–water partition coefficient (Wildman–Crippen LogP) is 18.4. The van der Waals surface area contributed by atoms with Crippen molar-refractivity contribution in [3.05, 3.63) is 72.9 Å². The van der Waals surface area contributed by atoms with Gasteiger partial charge in [0.25, 0.3) is 0 Å². The molecule has 0 amide bonds. The topological polar surface area (TPSA) is 72.8 Å². The molecule has 1 unspecified atom stereocenters. The Hall–Kier alpha value is -2.66. The molecule has 0 aromatic rings. The van der Waals surface area contributed by atoms with Crippen LogP contribution in [0.15, 0.2) is 72.9 Å². The molecule has 0 aliphatic rings. The molecule has 1 atom stereocenters. The van der Waals surface area contributed by atoms with E-state index in [1.807, 2.05) is 0 Å². The van der Waals surface area contributed by atoms with E-state index in [0.29, 0.717) is 12.8 Å². The summed E-state index contributed by atoms with van der Waals surface area (Å²) >= 11 is 0. The average molecular weight is 893 g/mol. The first-order valence-corrected chi connectivity index (χ1v) is 27.5. The molecule has 0 spiro atoms. The van der Waals surface area contributed by atoms with Crippen LogP contribution in [0.5, 0.6) is 0 Å². The standard InChI is InChI=1S/C59H104O5/c1-3-5-7-9-11-13-15-17-19-21-23-25-27-28-29-30-32-33-35-37-39-41-43-45-47-49-51-53-58(61)63-56-57(55-60)64-59(62)54-52-50-48-46-44-42-40-38-36-34-31-26-24-22-20-18-16-14-12-10-8-6-4-2/h6,8,12,14-15,17-18,20-21,23-24,26,57,60H,3-5,7,9-11,13,16,19,22,25,27-56H2,1-2H3/b8-6-,14-12-,17-15-,20-18-,23-21-,26-24-. The Morgan fingerprint density at radius 2 is 0.672 bits per heavy atom. The van der Waals surface area contributed by atoms with E-state index in [9.17, 15) is 14.7 Å². The highest BCUT2D eigenvalue weighted by molar-refractivity contribution is 5.70. The van der Waals surface area contributed by atoms with Gasteiger partial charge in [-0.1, -0.05) is 247 Å². The minimum atomic E-state index is -0.777. The lowest BCUT2D eigenvalue weighted by molar-refractivity contribution is -0.161. The molecule has 1 N–H and O–H groups in total. The smallest absolute Gasteiger partial charge is 0.306 e. The summed E-state index contributed by atoms with van der Waals surface area (Å²) in [5.41, 5.74) is 0. The molecule has 0 aliphatic carbocycles. The molecule has 0 radical (unpaired) electrons. The van der Waals surface area contributed by atoms with Gasteiger partial charge in [-0.05, 0) is 83.5 Å². The van der Waals surface area contributed by atoms with Gasteiger partial charge in [0, 0.05) is 12.8 Å². The van der Waals surface area contributed by atoms with Crippen molar-refractivity contribution in [2.24, 2.45) is 0 Å². The van der Waals surface area contributed by atoms with Crippen molar-refractivity contribution in [2.45, 2.75) is 277 Å². The maximum absolute atomic E-state index is 12.3. The first-order valence-electron chi connectivity index (χ1n) is 27.5. The van der Waals surface area contributed by atoms with Gasteiger partial charge in [-0.25, -0.2) is 0 Å². The van der Waals surface area contributed by atoms with Crippen LogP contribution in [0.3, 0.4) is 0 Å². The van der Waals surface area contributed by atoms with Crippen molar-refractivity contribution in [2.75, 3.05) is 13.2 Å². The molecule has 0 aromatic carbocycles. The summed E-state index contributed by atoms with van der Waals surface area (Å²) in [6, 6.07) is 0. The van der Waals surface area contributed by atoms with Crippen molar-refractivity contribution in [1.29, 1.82) is 0 Å². The van der Waals surface area contributed by atoms with Crippen LogP contribution in [0, 0.1) is 0 Å². The molecule has 370 valence electrons. The number of carbonyl (C=O) groups is 2. The maximum atomic E-state index is 12.3. The van der Waals surface area contributed by atoms with Crippen LogP contribution < -0.4 is 0 Å². The molecule has 5 nitrogen and oxygen atoms in total. The highest BCUT2D eigenvalue weighted by Crippen LogP contribution is 2.16. The Kier molecular flexibility index (Phi) is 52.4. The first-order chi connectivity index (χ1) is 31.6. The summed E-state index contributed by atoms with van der Waals surface area (Å²) in [7, 11) is 0. The van der Waals surface area contributed by atoms with Gasteiger partial charge in [-0.3, -0.25) is 9.59 Å². The number of aliphatic hydroxyl groups excluding tert-OH is 1. The summed E-state index contributed by atoms with van der Waals surface area (Å²) in [6.45, 7) is 4.04. The second kappa shape index (κ2) is 54.7. The Bertz CT molecular complexity index is 1150. The van der Waals surface area contributed by atoms with Crippen molar-refractivity contribution in [3.8, 4) is 0 Å². The zero-order valence-corrected chi connectivity index (χ0v) is 42.3. The van der Waals surface area contributed by atoms with E-state index in [0.717, 1.165) is 70.6 Å². The Balaban J connectivity index is 3.49. The highest BCUT2D eigenvalue weighted by Gasteiger charge is 2.16. The average Bonchev–Trinajstić information content (AvgIpc) is 3.30. The fourth-order valence-electron chi connectivity index (χ4n) is 7.87. The van der Waals surface area contributed by atoms with Gasteiger partial charge in [0.2, 0.25) is 0 Å². The van der Waals surface area contributed by atoms with E-state index in [1.54, 1.807) is 0 Å². The SMILES string of the molecule is CC/C=C\C/C=C\C/C=C\C/C=C\CCCCCCCCCCCCC(=O)OC(CO)COC(=O)CCCCCCCCCCCCCCCCC/C=C\C/C=C\CCCCCCC. The monoisotopic (exact) mass is 893 g/mol. The number of carbonyl (C=O) groups excluding carboxylic acids is 2. The van der Waals surface area contributed by atoms with Crippen molar-refractivity contribution in [3.63, 3.8) is 0 Å². The van der Waals surface area contributed by atoms with Crippen LogP contribution >= 0.6 is 0 Å². The van der Waals surface area contributed by atoms with Gasteiger partial charge in [0.15, 0.2) is 6.10 Å². The maximum Gasteiger partial charge on any atom is 0.306 e. The minimum absolute atomic E-state index is 0.0683. The van der Waals surface area contributed by atoms with Crippen LogP contribution in [-0.4, -0.2) is 36.4 Å². The number of esters is 2. The number of hydrogen-bond donors (Lipinski definition) is 1. The van der Waals surface area contributed by atoms with E-state index in [1.165, 1.54) is 173 Å². The molecule has 0 saturated carbocycles. The molecule has 0 aliphatic heterocycles. The summed E-state index contributed by atoms with van der Waals surface area (Å²) in [4.78, 5) is 24.5. The van der Waals surface area contributed by atoms with E-state index in [2.05, 4.69) is 86.8 Å². The predicted molar refractivity (Wildman–Crippen MR) is 279 cm³/mol. The van der Waals surface area contributed by atoms with E-state index in [-0.39, 0.29) is 25.2 Å². The third kappa shape index (κ3) is 52.0. The lowest BCUT2D eigenvalue weighted by Crippen LogP contribution is -2.28. The van der Waals surface area contributed by atoms with Crippen LogP contribution in [-0.2, 0) is 19.1 Å². The number of ether oxygens (including phenoxy) is 2. The van der Waals surface area contributed by atoms with Gasteiger partial charge in [-0.15, -0.1) is 0 Å². The number of allylic oxidation sites excluding steroid dienone is 12. The summed E-state index contributed by atoms with van der Waals surface area (Å²) in [6.07, 6.45) is 74.4. The molecule has 64 heavy (non-hydrogen) atoms. The van der Waals surface area contributed by atoms with Gasteiger partial charge < -0.3 is 14.6 Å². The van der Waals surface area contributed by atoms with Gasteiger partial charge >= 0.3 is 11.9 Å². The first kappa shape index (κ1) is 61.3. The van der Waals surface area contributed by atoms with E-state index in [4.69, 9.17) is 9.47 Å². The minimum Gasteiger partial charge on any atom is -0.462 e. The lowest BCUT2D eigenvalue weighted by Gasteiger charge is -2.15. The van der Waals surface area contributed by atoms with Crippen molar-refractivity contribution < 1.29 is 24.2 Å². The molecular weight excluding hydrogens is 789 g/mol. The summed E-state index contributed by atoms with van der Waals surface area (Å²) in [5.74, 6) is -0.589. The highest BCUT2D eigenvalue weighted by atomic mass is 16.6. The third-order valence-corrected chi connectivity index (χ3v) is 12.0. The van der Waals surface area contributed by atoms with Gasteiger partial charge in [0.1, 0.15) is 6.61 Å². The molecule has 0 heterocycles. The zero-order valence-electron chi connectivity index (χ0n) is 42.3. The third-order valence-electron chi connectivity index (χ3n) is 12.0. The largest absolute Gasteiger partial charge is 0.462 e. The molecular formula is C59H104O5. The van der Waals surface area contributed by atoms with Crippen molar-refractivity contribution in [1.82, 2.24) is 0 Å². The van der Waals surface area contributed by atoms with Crippen LogP contribution in [0.4, 0.5) is 0 Å².